The Labute approximate surface area is 225 Å². The summed E-state index contributed by atoms with van der Waals surface area (Å²) in [4.78, 5) is 21.9. The van der Waals surface area contributed by atoms with Gasteiger partial charge in [0.05, 0.1) is 26.6 Å². The molecule has 1 N–H and O–H groups in total. The molecule has 4 fully saturated rings. The van der Waals surface area contributed by atoms with Crippen LogP contribution in [0.5, 0.6) is 0 Å². The second-order valence-electron chi connectivity index (χ2n) is 11.0. The van der Waals surface area contributed by atoms with Gasteiger partial charge in [0.25, 0.3) is 0 Å². The highest BCUT2D eigenvalue weighted by atomic mass is 32.2. The summed E-state index contributed by atoms with van der Waals surface area (Å²) in [6, 6.07) is 8.18. The molecule has 1 aromatic carbocycles. The SMILES string of the molecule is O=C(Nc1ncc(SCCN2CCCC2)s1)C1(c2ccc(S(=O)C3CC3)cc2)CC1C1CCCCC1. The molecule has 0 radical (unpaired) electrons. The van der Waals surface area contributed by atoms with Crippen LogP contribution in [-0.4, -0.2) is 50.6 Å². The van der Waals surface area contributed by atoms with Gasteiger partial charge in [-0.05, 0) is 74.7 Å². The van der Waals surface area contributed by atoms with Crippen molar-refractivity contribution in [1.82, 2.24) is 9.88 Å². The van der Waals surface area contributed by atoms with E-state index < -0.39 is 16.2 Å². The van der Waals surface area contributed by atoms with Gasteiger partial charge >= 0.3 is 0 Å². The van der Waals surface area contributed by atoms with E-state index in [0.717, 1.165) is 42.0 Å². The number of thiazole rings is 1. The van der Waals surface area contributed by atoms with E-state index in [2.05, 4.69) is 27.3 Å². The van der Waals surface area contributed by atoms with E-state index in [1.54, 1.807) is 11.3 Å². The van der Waals surface area contributed by atoms with E-state index in [1.165, 1.54) is 62.2 Å². The predicted octanol–water partition coefficient (Wildman–Crippen LogP) is 6.08. The minimum atomic E-state index is -0.909. The van der Waals surface area contributed by atoms with Crippen LogP contribution in [0.3, 0.4) is 0 Å². The van der Waals surface area contributed by atoms with Gasteiger partial charge in [-0.2, -0.15) is 0 Å². The maximum absolute atomic E-state index is 13.9. The molecular formula is C28H37N3O2S3. The minimum Gasteiger partial charge on any atom is -0.303 e. The lowest BCUT2D eigenvalue weighted by molar-refractivity contribution is -0.119. The molecule has 1 aliphatic heterocycles. The zero-order valence-corrected chi connectivity index (χ0v) is 23.4. The Morgan fingerprint density at radius 2 is 1.83 bits per heavy atom. The van der Waals surface area contributed by atoms with Crippen molar-refractivity contribution in [1.29, 1.82) is 0 Å². The van der Waals surface area contributed by atoms with Gasteiger partial charge in [-0.15, -0.1) is 11.8 Å². The molecular weight excluding hydrogens is 507 g/mol. The van der Waals surface area contributed by atoms with E-state index in [0.29, 0.717) is 22.2 Å². The first-order valence-corrected chi connectivity index (χ1v) is 16.8. The highest BCUT2D eigenvalue weighted by molar-refractivity contribution is 8.01. The second-order valence-corrected chi connectivity index (χ2v) is 15.2. The third-order valence-electron chi connectivity index (χ3n) is 8.62. The molecule has 1 aromatic heterocycles. The Kier molecular flexibility index (Phi) is 7.57. The summed E-state index contributed by atoms with van der Waals surface area (Å²) >= 11 is 3.44. The topological polar surface area (TPSA) is 62.3 Å². The van der Waals surface area contributed by atoms with Gasteiger partial charge < -0.3 is 10.2 Å². The summed E-state index contributed by atoms with van der Waals surface area (Å²) in [5, 5.41) is 4.26. The van der Waals surface area contributed by atoms with Gasteiger partial charge in [-0.3, -0.25) is 9.00 Å². The summed E-state index contributed by atoms with van der Waals surface area (Å²) in [6.45, 7) is 3.58. The maximum atomic E-state index is 13.9. The number of hydrogen-bond acceptors (Lipinski definition) is 6. The summed E-state index contributed by atoms with van der Waals surface area (Å²) < 4.78 is 13.8. The molecule has 3 saturated carbocycles. The van der Waals surface area contributed by atoms with Crippen LogP contribution in [0.4, 0.5) is 5.13 Å². The van der Waals surface area contributed by atoms with Crippen molar-refractivity contribution >= 4 is 44.9 Å². The molecule has 3 unspecified atom stereocenters. The van der Waals surface area contributed by atoms with Crippen LogP contribution in [0.1, 0.15) is 69.8 Å². The number of carbonyl (C=O) groups is 1. The third-order valence-corrected chi connectivity index (χ3v) is 12.5. The fraction of sp³-hybridized carbons (Fsp3) is 0.643. The van der Waals surface area contributed by atoms with E-state index in [4.69, 9.17) is 0 Å². The number of carbonyl (C=O) groups excluding carboxylic acids is 1. The standard InChI is InChI=1S/C28H37N3O2S3/c32-26(30-27-29-19-25(35-27)34-17-16-31-14-4-5-15-31)28(18-24(28)20-6-2-1-3-7-20)21-8-10-22(11-9-21)36(33)23-12-13-23/h8-11,19-20,23-24H,1-7,12-18H2,(H,29,30,32). The molecule has 2 aromatic rings. The highest BCUT2D eigenvalue weighted by Crippen LogP contribution is 2.61. The fourth-order valence-corrected chi connectivity index (χ4v) is 9.65. The molecule has 1 amide bonds. The molecule has 8 heteroatoms. The number of likely N-dealkylation sites (tertiary alicyclic amines) is 1. The van der Waals surface area contributed by atoms with Gasteiger partial charge in [0.15, 0.2) is 5.13 Å². The molecule has 2 heterocycles. The van der Waals surface area contributed by atoms with Crippen molar-refractivity contribution in [2.24, 2.45) is 11.8 Å². The summed E-state index contributed by atoms with van der Waals surface area (Å²) in [5.41, 5.74) is 0.611. The molecule has 6 rings (SSSR count). The first-order chi connectivity index (χ1) is 17.6. The Balaban J connectivity index is 1.15. The quantitative estimate of drug-likeness (QED) is 0.368. The van der Waals surface area contributed by atoms with E-state index >= 15 is 0 Å². The van der Waals surface area contributed by atoms with Crippen LogP contribution in [0.25, 0.3) is 0 Å². The monoisotopic (exact) mass is 543 g/mol. The number of amides is 1. The Morgan fingerprint density at radius 3 is 2.56 bits per heavy atom. The van der Waals surface area contributed by atoms with Crippen molar-refractivity contribution in [2.75, 3.05) is 30.7 Å². The Hall–Kier alpha value is -1.22. The van der Waals surface area contributed by atoms with Crippen LogP contribution in [0.15, 0.2) is 39.6 Å². The van der Waals surface area contributed by atoms with Crippen molar-refractivity contribution in [2.45, 2.75) is 84.0 Å². The summed E-state index contributed by atoms with van der Waals surface area (Å²) in [7, 11) is -0.909. The number of benzene rings is 1. The number of rotatable bonds is 10. The third kappa shape index (κ3) is 5.33. The molecule has 0 spiro atoms. The van der Waals surface area contributed by atoms with E-state index in [9.17, 15) is 9.00 Å². The first kappa shape index (κ1) is 25.1. The largest absolute Gasteiger partial charge is 0.303 e. The Morgan fingerprint density at radius 1 is 1.08 bits per heavy atom. The lowest BCUT2D eigenvalue weighted by Gasteiger charge is -2.25. The van der Waals surface area contributed by atoms with Gasteiger partial charge in [0.2, 0.25) is 5.91 Å². The van der Waals surface area contributed by atoms with Crippen molar-refractivity contribution in [3.63, 3.8) is 0 Å². The van der Waals surface area contributed by atoms with Crippen LogP contribution in [0, 0.1) is 11.8 Å². The van der Waals surface area contributed by atoms with Crippen LogP contribution >= 0.6 is 23.1 Å². The number of anilines is 1. The lowest BCUT2D eigenvalue weighted by Crippen LogP contribution is -2.32. The fourth-order valence-electron chi connectivity index (χ4n) is 6.35. The first-order valence-electron chi connectivity index (χ1n) is 13.8. The number of nitrogens with zero attached hydrogens (tertiary/aromatic N) is 2. The molecule has 3 atom stereocenters. The smallest absolute Gasteiger partial charge is 0.237 e. The maximum Gasteiger partial charge on any atom is 0.237 e. The van der Waals surface area contributed by atoms with Gasteiger partial charge in [-0.25, -0.2) is 4.98 Å². The Bertz CT molecular complexity index is 1090. The van der Waals surface area contributed by atoms with Crippen molar-refractivity contribution in [3.05, 3.63) is 36.0 Å². The van der Waals surface area contributed by atoms with Crippen molar-refractivity contribution in [3.8, 4) is 0 Å². The molecule has 0 bridgehead atoms. The summed E-state index contributed by atoms with van der Waals surface area (Å²) in [5.74, 6) is 2.18. The second kappa shape index (κ2) is 10.9. The van der Waals surface area contributed by atoms with E-state index in [1.807, 2.05) is 30.1 Å². The predicted molar refractivity (Wildman–Crippen MR) is 149 cm³/mol. The minimum absolute atomic E-state index is 0.0945. The van der Waals surface area contributed by atoms with Gasteiger partial charge in [0.1, 0.15) is 0 Å². The number of thioether (sulfide) groups is 1. The van der Waals surface area contributed by atoms with E-state index in [-0.39, 0.29) is 5.91 Å². The van der Waals surface area contributed by atoms with Gasteiger partial charge in [0, 0.05) is 22.4 Å². The zero-order valence-electron chi connectivity index (χ0n) is 21.0. The molecule has 5 nitrogen and oxygen atoms in total. The summed E-state index contributed by atoms with van der Waals surface area (Å²) in [6.07, 6.45) is 14.0. The normalized spacial score (nSPS) is 27.7. The molecule has 36 heavy (non-hydrogen) atoms. The van der Waals surface area contributed by atoms with Gasteiger partial charge in [-0.1, -0.05) is 55.6 Å². The molecule has 1 saturated heterocycles. The average molecular weight is 544 g/mol. The molecule has 4 aliphatic rings. The number of nitrogens with one attached hydrogen (secondary N) is 1. The number of hydrogen-bond donors (Lipinski definition) is 1. The molecule has 3 aliphatic carbocycles. The molecule has 194 valence electrons. The van der Waals surface area contributed by atoms with Crippen LogP contribution < -0.4 is 5.32 Å². The highest BCUT2D eigenvalue weighted by Gasteiger charge is 2.63. The zero-order chi connectivity index (χ0) is 24.5. The number of aromatic nitrogens is 1. The van der Waals surface area contributed by atoms with Crippen molar-refractivity contribution < 1.29 is 9.00 Å². The van der Waals surface area contributed by atoms with Crippen LogP contribution in [-0.2, 0) is 21.0 Å². The lowest BCUT2D eigenvalue weighted by atomic mass is 9.80. The van der Waals surface area contributed by atoms with Crippen LogP contribution in [0.2, 0.25) is 0 Å². The average Bonchev–Trinajstić information content (AvgIpc) is 3.80.